The maximum Gasteiger partial charge on any atom is 0.309 e. The summed E-state index contributed by atoms with van der Waals surface area (Å²) in [5, 5.41) is 12.8. The van der Waals surface area contributed by atoms with Gasteiger partial charge in [0.2, 0.25) is 0 Å². The molecule has 0 atom stereocenters. The lowest BCUT2D eigenvalue weighted by molar-refractivity contribution is -0.147. The zero-order valence-electron chi connectivity index (χ0n) is 9.51. The summed E-state index contributed by atoms with van der Waals surface area (Å²) >= 11 is 0. The first-order valence-corrected chi connectivity index (χ1v) is 5.19. The number of hydrogen-bond acceptors (Lipinski definition) is 3. The van der Waals surface area contributed by atoms with E-state index < -0.39 is 11.4 Å². The first kappa shape index (κ1) is 12.4. The van der Waals surface area contributed by atoms with E-state index in [1.807, 2.05) is 0 Å². The predicted octanol–water partition coefficient (Wildman–Crippen LogP) is 1.13. The third kappa shape index (κ3) is 3.18. The minimum atomic E-state index is -0.819. The van der Waals surface area contributed by atoms with Crippen molar-refractivity contribution in [1.29, 1.82) is 0 Å². The largest absolute Gasteiger partial charge is 0.481 e. The summed E-state index contributed by atoms with van der Waals surface area (Å²) in [6.45, 7) is 3.81. The fourth-order valence-electron chi connectivity index (χ4n) is 1.33. The van der Waals surface area contributed by atoms with Crippen molar-refractivity contribution in [3.8, 4) is 0 Å². The van der Waals surface area contributed by atoms with Crippen LogP contribution in [0.4, 0.5) is 0 Å². The van der Waals surface area contributed by atoms with Crippen LogP contribution < -0.4 is 5.56 Å². The molecule has 1 heterocycles. The molecule has 0 bridgehead atoms. The van der Waals surface area contributed by atoms with Crippen LogP contribution in [0.3, 0.4) is 0 Å². The monoisotopic (exact) mass is 224 g/mol. The second kappa shape index (κ2) is 4.92. The van der Waals surface area contributed by atoms with Crippen molar-refractivity contribution >= 4 is 5.97 Å². The van der Waals surface area contributed by atoms with Gasteiger partial charge in [0.25, 0.3) is 5.56 Å². The van der Waals surface area contributed by atoms with Gasteiger partial charge in [0, 0.05) is 18.8 Å². The third-order valence-corrected chi connectivity index (χ3v) is 2.54. The smallest absolute Gasteiger partial charge is 0.309 e. The minimum Gasteiger partial charge on any atom is -0.481 e. The van der Waals surface area contributed by atoms with Gasteiger partial charge in [-0.2, -0.15) is 5.10 Å². The number of hydrogen-bond donors (Lipinski definition) is 1. The third-order valence-electron chi connectivity index (χ3n) is 2.54. The van der Waals surface area contributed by atoms with E-state index in [0.29, 0.717) is 19.4 Å². The summed E-state index contributed by atoms with van der Waals surface area (Å²) < 4.78 is 1.35. The van der Waals surface area contributed by atoms with Crippen LogP contribution in [0.1, 0.15) is 26.7 Å². The molecular formula is C11H16N2O3. The van der Waals surface area contributed by atoms with Gasteiger partial charge in [-0.3, -0.25) is 9.59 Å². The lowest BCUT2D eigenvalue weighted by atomic mass is 9.88. The van der Waals surface area contributed by atoms with Crippen LogP contribution in [0.25, 0.3) is 0 Å². The molecule has 5 nitrogen and oxygen atoms in total. The van der Waals surface area contributed by atoms with Crippen molar-refractivity contribution in [3.05, 3.63) is 28.7 Å². The molecule has 0 aliphatic carbocycles. The number of aryl methyl sites for hydroxylation is 1. The molecule has 0 fully saturated rings. The zero-order chi connectivity index (χ0) is 12.2. The van der Waals surface area contributed by atoms with Crippen molar-refractivity contribution in [2.24, 2.45) is 5.41 Å². The van der Waals surface area contributed by atoms with Gasteiger partial charge < -0.3 is 5.11 Å². The van der Waals surface area contributed by atoms with Crippen LogP contribution in [0.5, 0.6) is 0 Å². The Morgan fingerprint density at radius 2 is 2.25 bits per heavy atom. The predicted molar refractivity (Wildman–Crippen MR) is 59.1 cm³/mol. The molecule has 1 aromatic rings. The van der Waals surface area contributed by atoms with Gasteiger partial charge in [-0.25, -0.2) is 4.68 Å². The molecule has 5 heteroatoms. The second-order valence-electron chi connectivity index (χ2n) is 4.38. The molecule has 0 saturated carbocycles. The molecule has 0 aromatic carbocycles. The van der Waals surface area contributed by atoms with E-state index in [-0.39, 0.29) is 5.56 Å². The number of aromatic nitrogens is 2. The van der Waals surface area contributed by atoms with Gasteiger partial charge in [-0.05, 0) is 32.8 Å². The number of aliphatic carboxylic acids is 1. The average molecular weight is 224 g/mol. The highest BCUT2D eigenvalue weighted by Gasteiger charge is 2.26. The summed E-state index contributed by atoms with van der Waals surface area (Å²) in [7, 11) is 0. The Bertz CT molecular complexity index is 423. The van der Waals surface area contributed by atoms with Crippen LogP contribution in [0.2, 0.25) is 0 Å². The number of carboxylic acid groups (broad SMARTS) is 1. The summed E-state index contributed by atoms with van der Waals surface area (Å²) in [6.07, 6.45) is 2.69. The topological polar surface area (TPSA) is 72.2 Å². The highest BCUT2D eigenvalue weighted by molar-refractivity contribution is 5.73. The molecule has 0 spiro atoms. The van der Waals surface area contributed by atoms with Crippen molar-refractivity contribution in [2.45, 2.75) is 33.2 Å². The fourth-order valence-corrected chi connectivity index (χ4v) is 1.33. The Balaban J connectivity index is 2.51. The number of nitrogens with zero attached hydrogens (tertiary/aromatic N) is 2. The summed E-state index contributed by atoms with van der Waals surface area (Å²) in [4.78, 5) is 22.1. The van der Waals surface area contributed by atoms with E-state index in [4.69, 9.17) is 5.11 Å². The Labute approximate surface area is 93.7 Å². The zero-order valence-corrected chi connectivity index (χ0v) is 9.51. The quantitative estimate of drug-likeness (QED) is 0.813. The summed E-state index contributed by atoms with van der Waals surface area (Å²) in [5.41, 5.74) is -0.908. The van der Waals surface area contributed by atoms with E-state index >= 15 is 0 Å². The molecule has 0 aliphatic rings. The number of carbonyl (C=O) groups is 1. The second-order valence-corrected chi connectivity index (χ2v) is 4.38. The average Bonchev–Trinajstić information content (AvgIpc) is 2.20. The molecule has 0 saturated heterocycles. The molecule has 0 aliphatic heterocycles. The SMILES string of the molecule is CC(C)(CCCn1ncccc1=O)C(=O)O. The molecule has 1 rings (SSSR count). The van der Waals surface area contributed by atoms with Crippen LogP contribution in [-0.4, -0.2) is 20.9 Å². The molecule has 0 amide bonds. The summed E-state index contributed by atoms with van der Waals surface area (Å²) in [6, 6.07) is 3.02. The van der Waals surface area contributed by atoms with E-state index in [1.54, 1.807) is 26.1 Å². The highest BCUT2D eigenvalue weighted by atomic mass is 16.4. The Morgan fingerprint density at radius 3 is 2.81 bits per heavy atom. The highest BCUT2D eigenvalue weighted by Crippen LogP contribution is 2.22. The molecule has 0 radical (unpaired) electrons. The van der Waals surface area contributed by atoms with E-state index in [2.05, 4.69) is 5.10 Å². The van der Waals surface area contributed by atoms with Gasteiger partial charge >= 0.3 is 5.97 Å². The van der Waals surface area contributed by atoms with Gasteiger partial charge in [-0.1, -0.05) is 0 Å². The molecule has 16 heavy (non-hydrogen) atoms. The van der Waals surface area contributed by atoms with Gasteiger partial charge in [-0.15, -0.1) is 0 Å². The van der Waals surface area contributed by atoms with Crippen LogP contribution in [-0.2, 0) is 11.3 Å². The van der Waals surface area contributed by atoms with Crippen molar-refractivity contribution in [3.63, 3.8) is 0 Å². The van der Waals surface area contributed by atoms with Crippen molar-refractivity contribution in [1.82, 2.24) is 9.78 Å². The van der Waals surface area contributed by atoms with E-state index in [9.17, 15) is 9.59 Å². The Morgan fingerprint density at radius 1 is 1.56 bits per heavy atom. The lowest BCUT2D eigenvalue weighted by Gasteiger charge is -2.18. The lowest BCUT2D eigenvalue weighted by Crippen LogP contribution is -2.26. The first-order chi connectivity index (χ1) is 7.43. The maximum atomic E-state index is 11.3. The molecule has 88 valence electrons. The number of carboxylic acids is 1. The first-order valence-electron chi connectivity index (χ1n) is 5.19. The fraction of sp³-hybridized carbons (Fsp3) is 0.545. The molecular weight excluding hydrogens is 208 g/mol. The molecule has 1 N–H and O–H groups in total. The van der Waals surface area contributed by atoms with Gasteiger partial charge in [0.1, 0.15) is 0 Å². The standard InChI is InChI=1S/C11H16N2O3/c1-11(2,10(15)16)6-4-8-13-9(14)5-3-7-12-13/h3,5,7H,4,6,8H2,1-2H3,(H,15,16). The Kier molecular flexibility index (Phi) is 3.82. The van der Waals surface area contributed by atoms with Gasteiger partial charge in [0.15, 0.2) is 0 Å². The van der Waals surface area contributed by atoms with Crippen molar-refractivity contribution < 1.29 is 9.90 Å². The van der Waals surface area contributed by atoms with E-state index in [1.165, 1.54) is 10.7 Å². The minimum absolute atomic E-state index is 0.157. The van der Waals surface area contributed by atoms with E-state index in [0.717, 1.165) is 0 Å². The van der Waals surface area contributed by atoms with Crippen LogP contribution in [0.15, 0.2) is 23.1 Å². The van der Waals surface area contributed by atoms with Gasteiger partial charge in [0.05, 0.1) is 5.41 Å². The normalized spacial score (nSPS) is 11.4. The summed E-state index contributed by atoms with van der Waals surface area (Å²) in [5.74, 6) is -0.819. The number of rotatable bonds is 5. The van der Waals surface area contributed by atoms with Crippen LogP contribution in [0, 0.1) is 5.41 Å². The molecule has 1 aromatic heterocycles. The van der Waals surface area contributed by atoms with Crippen molar-refractivity contribution in [2.75, 3.05) is 0 Å². The molecule has 0 unspecified atom stereocenters. The maximum absolute atomic E-state index is 11.3. The Hall–Kier alpha value is -1.65. The van der Waals surface area contributed by atoms with Crippen LogP contribution >= 0.6 is 0 Å².